The zero-order chi connectivity index (χ0) is 16.9. The van der Waals surface area contributed by atoms with E-state index in [2.05, 4.69) is 5.32 Å². The monoisotopic (exact) mass is 347 g/mol. The molecule has 0 aliphatic carbocycles. The van der Waals surface area contributed by atoms with Gasteiger partial charge in [-0.1, -0.05) is 25.4 Å². The van der Waals surface area contributed by atoms with E-state index in [4.69, 9.17) is 16.3 Å². The van der Waals surface area contributed by atoms with Crippen molar-refractivity contribution in [2.45, 2.75) is 32.6 Å². The van der Waals surface area contributed by atoms with Gasteiger partial charge in [-0.25, -0.2) is 8.42 Å². The molecule has 0 aliphatic heterocycles. The van der Waals surface area contributed by atoms with Gasteiger partial charge in [-0.3, -0.25) is 4.79 Å². The van der Waals surface area contributed by atoms with Crippen molar-refractivity contribution in [2.75, 3.05) is 12.9 Å². The molecule has 0 bridgehead atoms. The third kappa shape index (κ3) is 5.85. The van der Waals surface area contributed by atoms with Crippen LogP contribution in [0.3, 0.4) is 0 Å². The first-order valence-corrected chi connectivity index (χ1v) is 9.16. The van der Waals surface area contributed by atoms with E-state index in [1.54, 1.807) is 12.1 Å². The Balaban J connectivity index is 2.80. The van der Waals surface area contributed by atoms with E-state index in [-0.39, 0.29) is 17.7 Å². The summed E-state index contributed by atoms with van der Waals surface area (Å²) in [6, 6.07) is 4.68. The largest absolute Gasteiger partial charge is 0.496 e. The van der Waals surface area contributed by atoms with Gasteiger partial charge in [-0.05, 0) is 31.0 Å². The molecule has 22 heavy (non-hydrogen) atoms. The molecule has 0 saturated carbocycles. The van der Waals surface area contributed by atoms with Gasteiger partial charge in [0.05, 0.1) is 12.9 Å². The lowest BCUT2D eigenvalue weighted by Crippen LogP contribution is -2.39. The van der Waals surface area contributed by atoms with Gasteiger partial charge < -0.3 is 10.1 Å². The predicted molar refractivity (Wildman–Crippen MR) is 87.9 cm³/mol. The molecule has 1 aromatic carbocycles. The molecule has 0 aliphatic rings. The maximum absolute atomic E-state index is 12.2. The normalized spacial score (nSPS) is 13.0. The number of carbonyl (C=O) groups excluding carboxylic acids is 1. The van der Waals surface area contributed by atoms with Crippen LogP contribution in [0.4, 0.5) is 0 Å². The van der Waals surface area contributed by atoms with Gasteiger partial charge in [0.2, 0.25) is 5.91 Å². The molecule has 1 atom stereocenters. The molecule has 1 unspecified atom stereocenters. The van der Waals surface area contributed by atoms with Crippen molar-refractivity contribution in [3.63, 3.8) is 0 Å². The molecule has 0 aromatic heterocycles. The molecule has 1 amide bonds. The van der Waals surface area contributed by atoms with Gasteiger partial charge in [0, 0.05) is 16.6 Å². The van der Waals surface area contributed by atoms with Crippen LogP contribution in [0.1, 0.15) is 26.3 Å². The van der Waals surface area contributed by atoms with E-state index in [9.17, 15) is 13.2 Å². The fourth-order valence-electron chi connectivity index (χ4n) is 1.81. The molecular formula is C15H22ClNO4S. The van der Waals surface area contributed by atoms with Crippen LogP contribution >= 0.6 is 11.6 Å². The SMILES string of the molecule is COc1ccc(Cl)cc1CS(=O)(=O)CC(=O)NC(C)C(C)C. The maximum Gasteiger partial charge on any atom is 0.235 e. The number of amides is 1. The minimum Gasteiger partial charge on any atom is -0.496 e. The first-order valence-electron chi connectivity index (χ1n) is 6.97. The molecule has 0 radical (unpaired) electrons. The van der Waals surface area contributed by atoms with E-state index in [0.717, 1.165) is 0 Å². The Morgan fingerprint density at radius 1 is 1.32 bits per heavy atom. The highest BCUT2D eigenvalue weighted by Gasteiger charge is 2.21. The van der Waals surface area contributed by atoms with Crippen molar-refractivity contribution in [1.82, 2.24) is 5.32 Å². The summed E-state index contributed by atoms with van der Waals surface area (Å²) in [7, 11) is -2.15. The number of benzene rings is 1. The van der Waals surface area contributed by atoms with Crippen molar-refractivity contribution in [3.8, 4) is 5.75 Å². The summed E-state index contributed by atoms with van der Waals surface area (Å²) in [5.41, 5.74) is 0.444. The number of rotatable bonds is 7. The molecule has 124 valence electrons. The van der Waals surface area contributed by atoms with Crippen LogP contribution in [0.25, 0.3) is 0 Å². The summed E-state index contributed by atoms with van der Waals surface area (Å²) in [4.78, 5) is 11.8. The molecule has 1 aromatic rings. The number of hydrogen-bond donors (Lipinski definition) is 1. The van der Waals surface area contributed by atoms with Crippen molar-refractivity contribution >= 4 is 27.3 Å². The Kier molecular flexibility index (Phi) is 6.68. The lowest BCUT2D eigenvalue weighted by Gasteiger charge is -2.17. The van der Waals surface area contributed by atoms with Crippen LogP contribution in [-0.4, -0.2) is 33.2 Å². The zero-order valence-corrected chi connectivity index (χ0v) is 14.8. The molecular weight excluding hydrogens is 326 g/mol. The van der Waals surface area contributed by atoms with Gasteiger partial charge in [0.1, 0.15) is 11.5 Å². The maximum atomic E-state index is 12.2. The minimum absolute atomic E-state index is 0.0802. The Morgan fingerprint density at radius 2 is 1.95 bits per heavy atom. The van der Waals surface area contributed by atoms with E-state index >= 15 is 0 Å². The molecule has 0 fully saturated rings. The highest BCUT2D eigenvalue weighted by molar-refractivity contribution is 7.91. The van der Waals surface area contributed by atoms with Crippen LogP contribution in [0.5, 0.6) is 5.75 Å². The molecule has 0 heterocycles. The first kappa shape index (κ1) is 18.8. The Bertz CT molecular complexity index is 628. The van der Waals surface area contributed by atoms with Crippen molar-refractivity contribution < 1.29 is 17.9 Å². The zero-order valence-electron chi connectivity index (χ0n) is 13.2. The lowest BCUT2D eigenvalue weighted by molar-refractivity contribution is -0.119. The quantitative estimate of drug-likeness (QED) is 0.822. The molecule has 1 N–H and O–H groups in total. The molecule has 5 nitrogen and oxygen atoms in total. The van der Waals surface area contributed by atoms with Gasteiger partial charge in [0.15, 0.2) is 9.84 Å². The van der Waals surface area contributed by atoms with E-state index in [1.165, 1.54) is 13.2 Å². The third-order valence-electron chi connectivity index (χ3n) is 3.36. The number of methoxy groups -OCH3 is 1. The minimum atomic E-state index is -3.61. The van der Waals surface area contributed by atoms with Crippen LogP contribution in [0.15, 0.2) is 18.2 Å². The number of halogens is 1. The second kappa shape index (κ2) is 7.83. The first-order chi connectivity index (χ1) is 10.1. The molecule has 1 rings (SSSR count). The second-order valence-corrected chi connectivity index (χ2v) is 8.09. The average molecular weight is 348 g/mol. The Hall–Kier alpha value is -1.27. The summed E-state index contributed by atoms with van der Waals surface area (Å²) in [5.74, 6) is -0.675. The number of ether oxygens (including phenoxy) is 1. The molecule has 0 spiro atoms. The average Bonchev–Trinajstić information content (AvgIpc) is 2.37. The van der Waals surface area contributed by atoms with Crippen molar-refractivity contribution in [2.24, 2.45) is 5.92 Å². The summed E-state index contributed by atoms with van der Waals surface area (Å²) >= 11 is 5.88. The summed E-state index contributed by atoms with van der Waals surface area (Å²) in [6.45, 7) is 5.75. The lowest BCUT2D eigenvalue weighted by atomic mass is 10.1. The highest BCUT2D eigenvalue weighted by atomic mass is 35.5. The third-order valence-corrected chi connectivity index (χ3v) is 5.05. The van der Waals surface area contributed by atoms with Gasteiger partial charge in [0.25, 0.3) is 0 Å². The standard InChI is InChI=1S/C15H22ClNO4S/c1-10(2)11(3)17-15(18)9-22(19,20)8-12-7-13(16)5-6-14(12)21-4/h5-7,10-11H,8-9H2,1-4H3,(H,17,18). The van der Waals surface area contributed by atoms with Crippen molar-refractivity contribution in [3.05, 3.63) is 28.8 Å². The van der Waals surface area contributed by atoms with E-state index in [1.807, 2.05) is 20.8 Å². The fraction of sp³-hybridized carbons (Fsp3) is 0.533. The summed E-state index contributed by atoms with van der Waals surface area (Å²) < 4.78 is 29.5. The highest BCUT2D eigenvalue weighted by Crippen LogP contribution is 2.24. The van der Waals surface area contributed by atoms with Gasteiger partial charge >= 0.3 is 0 Å². The predicted octanol–water partition coefficient (Wildman–Crippen LogP) is 2.42. The van der Waals surface area contributed by atoms with Crippen LogP contribution in [-0.2, 0) is 20.4 Å². The number of carbonyl (C=O) groups is 1. The van der Waals surface area contributed by atoms with Gasteiger partial charge in [-0.2, -0.15) is 0 Å². The van der Waals surface area contributed by atoms with E-state index < -0.39 is 21.5 Å². The topological polar surface area (TPSA) is 72.5 Å². The molecule has 0 saturated heterocycles. The Morgan fingerprint density at radius 3 is 2.50 bits per heavy atom. The van der Waals surface area contributed by atoms with Gasteiger partial charge in [-0.15, -0.1) is 0 Å². The smallest absolute Gasteiger partial charge is 0.235 e. The van der Waals surface area contributed by atoms with Crippen molar-refractivity contribution in [1.29, 1.82) is 0 Å². The number of sulfone groups is 1. The Labute approximate surface area is 136 Å². The van der Waals surface area contributed by atoms with E-state index in [0.29, 0.717) is 16.3 Å². The summed E-state index contributed by atoms with van der Waals surface area (Å²) in [6.07, 6.45) is 0. The number of hydrogen-bond acceptors (Lipinski definition) is 4. The van der Waals surface area contributed by atoms with Crippen LogP contribution in [0.2, 0.25) is 5.02 Å². The van der Waals surface area contributed by atoms with Crippen LogP contribution in [0, 0.1) is 5.92 Å². The fourth-order valence-corrected chi connectivity index (χ4v) is 3.29. The number of nitrogens with one attached hydrogen (secondary N) is 1. The summed E-state index contributed by atoms with van der Waals surface area (Å²) in [5, 5.41) is 3.11. The second-order valence-electron chi connectivity index (χ2n) is 5.59. The molecule has 7 heteroatoms. The van der Waals surface area contributed by atoms with Crippen LogP contribution < -0.4 is 10.1 Å².